The second kappa shape index (κ2) is 12.6. The molecule has 1 unspecified atom stereocenters. The molecule has 1 N–H and O–H groups in total. The molecule has 0 aliphatic heterocycles. The van der Waals surface area contributed by atoms with E-state index < -0.39 is 10.0 Å². The quantitative estimate of drug-likeness (QED) is 0.561. The molecule has 0 aromatic heterocycles. The van der Waals surface area contributed by atoms with Crippen molar-refractivity contribution in [2.45, 2.75) is 44.6 Å². The van der Waals surface area contributed by atoms with Gasteiger partial charge in [-0.15, -0.1) is 24.8 Å². The van der Waals surface area contributed by atoms with Crippen molar-refractivity contribution in [2.24, 2.45) is 0 Å². The molecule has 2 aromatic carbocycles. The Balaban J connectivity index is 0.00000392. The van der Waals surface area contributed by atoms with Gasteiger partial charge in [0.2, 0.25) is 10.0 Å². The van der Waals surface area contributed by atoms with Crippen LogP contribution in [0.15, 0.2) is 41.3 Å². The first kappa shape index (κ1) is 27.9. The largest absolute Gasteiger partial charge is 0.377 e. The van der Waals surface area contributed by atoms with Gasteiger partial charge in [-0.1, -0.05) is 38.1 Å². The van der Waals surface area contributed by atoms with E-state index in [0.29, 0.717) is 4.90 Å². The minimum absolute atomic E-state index is 0. The average Bonchev–Trinajstić information content (AvgIpc) is 2.63. The number of hydrogen-bond acceptors (Lipinski definition) is 4. The molecule has 0 aliphatic rings. The van der Waals surface area contributed by atoms with Crippen molar-refractivity contribution in [3.8, 4) is 0 Å². The van der Waals surface area contributed by atoms with Gasteiger partial charge in [0.1, 0.15) is 0 Å². The van der Waals surface area contributed by atoms with Gasteiger partial charge in [-0.05, 0) is 51.5 Å². The summed E-state index contributed by atoms with van der Waals surface area (Å²) in [5, 5.41) is 1.70. The fraction of sp³-hybridized carbons (Fsp3) is 0.524. The molecule has 1 atom stereocenters. The van der Waals surface area contributed by atoms with Crippen LogP contribution in [0.1, 0.15) is 33.6 Å². The number of nitrogens with one attached hydrogen (secondary N) is 1. The fourth-order valence-corrected chi connectivity index (χ4v) is 4.94. The Morgan fingerprint density at radius 3 is 2.14 bits per heavy atom. The van der Waals surface area contributed by atoms with Gasteiger partial charge in [0, 0.05) is 36.6 Å². The summed E-state index contributed by atoms with van der Waals surface area (Å²) >= 11 is 0. The molecule has 166 valence electrons. The highest BCUT2D eigenvalue weighted by Gasteiger charge is 2.20. The Labute approximate surface area is 188 Å². The summed E-state index contributed by atoms with van der Waals surface area (Å²) < 4.78 is 28.9. The maximum absolute atomic E-state index is 13.0. The lowest BCUT2D eigenvalue weighted by molar-refractivity contribution is 0.293. The van der Waals surface area contributed by atoms with Gasteiger partial charge >= 0.3 is 0 Å². The van der Waals surface area contributed by atoms with Crippen LogP contribution in [0.3, 0.4) is 0 Å². The third-order valence-electron chi connectivity index (χ3n) is 4.99. The predicted octanol–water partition coefficient (Wildman–Crippen LogP) is 4.54. The number of benzene rings is 2. The number of sulfonamides is 1. The zero-order chi connectivity index (χ0) is 20.0. The van der Waals surface area contributed by atoms with Crippen molar-refractivity contribution in [3.63, 3.8) is 0 Å². The maximum Gasteiger partial charge on any atom is 0.241 e. The van der Waals surface area contributed by atoms with Gasteiger partial charge in [-0.3, -0.25) is 0 Å². The third kappa shape index (κ3) is 7.30. The highest BCUT2D eigenvalue weighted by atomic mass is 35.5. The van der Waals surface area contributed by atoms with E-state index in [2.05, 4.69) is 23.5 Å². The molecule has 0 bridgehead atoms. The predicted molar refractivity (Wildman–Crippen MR) is 130 cm³/mol. The molecule has 2 rings (SSSR count). The topological polar surface area (TPSA) is 52.7 Å². The number of rotatable bonds is 10. The van der Waals surface area contributed by atoms with Crippen LogP contribution in [-0.2, 0) is 10.0 Å². The molecule has 8 heteroatoms. The molecule has 0 saturated heterocycles. The number of nitrogens with zero attached hydrogens (tertiary/aromatic N) is 2. The first-order valence-corrected chi connectivity index (χ1v) is 11.2. The van der Waals surface area contributed by atoms with Crippen LogP contribution in [-0.4, -0.2) is 53.1 Å². The Hall–Kier alpha value is -1.05. The van der Waals surface area contributed by atoms with Gasteiger partial charge in [0.25, 0.3) is 0 Å². The van der Waals surface area contributed by atoms with Crippen LogP contribution in [0.4, 0.5) is 5.69 Å². The van der Waals surface area contributed by atoms with Crippen molar-refractivity contribution in [1.82, 2.24) is 9.62 Å². The molecule has 0 aliphatic carbocycles. The Kier molecular flexibility index (Phi) is 12.1. The van der Waals surface area contributed by atoms with Crippen molar-refractivity contribution in [3.05, 3.63) is 36.4 Å². The molecule has 0 fully saturated rings. The van der Waals surface area contributed by atoms with Crippen molar-refractivity contribution >= 4 is 51.3 Å². The second-order valence-electron chi connectivity index (χ2n) is 7.21. The van der Waals surface area contributed by atoms with Crippen LogP contribution >= 0.6 is 24.8 Å². The summed E-state index contributed by atoms with van der Waals surface area (Å²) in [7, 11) is 0.356. The van der Waals surface area contributed by atoms with Crippen LogP contribution in [0.2, 0.25) is 0 Å². The zero-order valence-corrected chi connectivity index (χ0v) is 20.5. The molecule has 0 spiro atoms. The second-order valence-corrected chi connectivity index (χ2v) is 8.90. The molecular weight excluding hydrogens is 429 g/mol. The van der Waals surface area contributed by atoms with E-state index in [1.54, 1.807) is 6.07 Å². The summed E-state index contributed by atoms with van der Waals surface area (Å²) in [6.45, 7) is 9.30. The first-order valence-electron chi connectivity index (χ1n) is 9.73. The van der Waals surface area contributed by atoms with E-state index in [1.165, 1.54) is 0 Å². The zero-order valence-electron chi connectivity index (χ0n) is 18.0. The SMILES string of the molecule is CCN(CC)CCCC(C)NS(=O)(=O)c1cccc2c(N(C)C)cccc12.Cl.Cl. The number of fused-ring (bicyclic) bond motifs is 1. The number of halogens is 2. The van der Waals surface area contributed by atoms with E-state index in [0.717, 1.165) is 48.9 Å². The smallest absolute Gasteiger partial charge is 0.241 e. The van der Waals surface area contributed by atoms with E-state index in [9.17, 15) is 8.42 Å². The minimum Gasteiger partial charge on any atom is -0.377 e. The van der Waals surface area contributed by atoms with Gasteiger partial charge in [0.05, 0.1) is 4.90 Å². The van der Waals surface area contributed by atoms with Gasteiger partial charge in [-0.25, -0.2) is 13.1 Å². The van der Waals surface area contributed by atoms with Crippen LogP contribution < -0.4 is 9.62 Å². The van der Waals surface area contributed by atoms with Crippen molar-refractivity contribution in [2.75, 3.05) is 38.6 Å². The van der Waals surface area contributed by atoms with Crippen LogP contribution in [0.5, 0.6) is 0 Å². The Bertz CT molecular complexity index is 856. The molecule has 29 heavy (non-hydrogen) atoms. The van der Waals surface area contributed by atoms with Gasteiger partial charge in [-0.2, -0.15) is 0 Å². The molecular formula is C21H35Cl2N3O2S. The summed E-state index contributed by atoms with van der Waals surface area (Å²) in [6.07, 6.45) is 1.80. The number of anilines is 1. The molecule has 0 saturated carbocycles. The molecule has 0 heterocycles. The monoisotopic (exact) mass is 463 g/mol. The van der Waals surface area contributed by atoms with Crippen LogP contribution in [0, 0.1) is 0 Å². The normalized spacial score (nSPS) is 12.3. The molecule has 0 radical (unpaired) electrons. The minimum atomic E-state index is -3.57. The van der Waals surface area contributed by atoms with Crippen molar-refractivity contribution < 1.29 is 8.42 Å². The summed E-state index contributed by atoms with van der Waals surface area (Å²) in [6, 6.07) is 11.2. The number of hydrogen-bond donors (Lipinski definition) is 1. The molecule has 0 amide bonds. The highest BCUT2D eigenvalue weighted by molar-refractivity contribution is 7.89. The molecule has 2 aromatic rings. The van der Waals surface area contributed by atoms with Crippen LogP contribution in [0.25, 0.3) is 10.8 Å². The average molecular weight is 465 g/mol. The van der Waals surface area contributed by atoms with Gasteiger partial charge < -0.3 is 9.80 Å². The third-order valence-corrected chi connectivity index (χ3v) is 6.64. The Morgan fingerprint density at radius 2 is 1.55 bits per heavy atom. The highest BCUT2D eigenvalue weighted by Crippen LogP contribution is 2.30. The van der Waals surface area contributed by atoms with E-state index >= 15 is 0 Å². The lowest BCUT2D eigenvalue weighted by Crippen LogP contribution is -2.33. The standard InChI is InChI=1S/C21H33N3O2S.2ClH/c1-6-24(7-2)16-10-11-17(3)22-27(25,26)21-15-9-12-18-19(21)13-8-14-20(18)23(4)5;;/h8-9,12-15,17,22H,6-7,10-11,16H2,1-5H3;2*1H. The first-order chi connectivity index (χ1) is 12.8. The maximum atomic E-state index is 13.0. The summed E-state index contributed by atoms with van der Waals surface area (Å²) in [5.74, 6) is 0. The molecule has 5 nitrogen and oxygen atoms in total. The lowest BCUT2D eigenvalue weighted by atomic mass is 10.1. The van der Waals surface area contributed by atoms with Crippen molar-refractivity contribution in [1.29, 1.82) is 0 Å². The summed E-state index contributed by atoms with van der Waals surface area (Å²) in [4.78, 5) is 4.70. The van der Waals surface area contributed by atoms with E-state index in [4.69, 9.17) is 0 Å². The lowest BCUT2D eigenvalue weighted by Gasteiger charge is -2.20. The van der Waals surface area contributed by atoms with E-state index in [-0.39, 0.29) is 30.9 Å². The summed E-state index contributed by atoms with van der Waals surface area (Å²) in [5.41, 5.74) is 1.01. The van der Waals surface area contributed by atoms with E-state index in [1.807, 2.05) is 56.3 Å². The Morgan fingerprint density at radius 1 is 0.966 bits per heavy atom. The van der Waals surface area contributed by atoms with Gasteiger partial charge in [0.15, 0.2) is 0 Å². The fourth-order valence-electron chi connectivity index (χ4n) is 3.44.